The average molecular weight is 459 g/mol. The van der Waals surface area contributed by atoms with Crippen LogP contribution in [0.15, 0.2) is 53.4 Å². The molecule has 1 N–H and O–H groups in total. The second-order valence-corrected chi connectivity index (χ2v) is 10.00. The van der Waals surface area contributed by atoms with Gasteiger partial charge in [0, 0.05) is 50.6 Å². The molecule has 1 atom stereocenters. The Morgan fingerprint density at radius 3 is 2.25 bits per heavy atom. The molecule has 2 aromatic carbocycles. The van der Waals surface area contributed by atoms with Crippen LogP contribution in [-0.2, 0) is 14.8 Å². The summed E-state index contributed by atoms with van der Waals surface area (Å²) in [7, 11) is -3.60. The van der Waals surface area contributed by atoms with Crippen LogP contribution in [-0.4, -0.2) is 68.8 Å². The number of rotatable bonds is 8. The van der Waals surface area contributed by atoms with Crippen molar-refractivity contribution in [3.05, 3.63) is 54.1 Å². The lowest BCUT2D eigenvalue weighted by Crippen LogP contribution is -2.52. The first-order chi connectivity index (χ1) is 15.3. The molecule has 3 rings (SSSR count). The molecular formula is C24H34N4O3S. The Morgan fingerprint density at radius 1 is 1.03 bits per heavy atom. The highest BCUT2D eigenvalue weighted by atomic mass is 32.2. The molecule has 1 heterocycles. The molecule has 1 fully saturated rings. The number of nitrogens with zero attached hydrogens (tertiary/aromatic N) is 3. The van der Waals surface area contributed by atoms with E-state index in [1.54, 1.807) is 25.1 Å². The van der Waals surface area contributed by atoms with Gasteiger partial charge in [-0.1, -0.05) is 38.1 Å². The van der Waals surface area contributed by atoms with Crippen LogP contribution in [0.25, 0.3) is 0 Å². The van der Waals surface area contributed by atoms with Crippen molar-refractivity contribution in [2.45, 2.75) is 38.6 Å². The monoisotopic (exact) mass is 458 g/mol. The molecule has 0 bridgehead atoms. The second-order valence-electron chi connectivity index (χ2n) is 8.09. The van der Waals surface area contributed by atoms with Gasteiger partial charge in [0.1, 0.15) is 0 Å². The van der Waals surface area contributed by atoms with Crippen LogP contribution < -0.4 is 10.2 Å². The summed E-state index contributed by atoms with van der Waals surface area (Å²) in [6.45, 7) is 11.4. The van der Waals surface area contributed by atoms with Crippen molar-refractivity contribution in [2.24, 2.45) is 0 Å². The van der Waals surface area contributed by atoms with Crippen molar-refractivity contribution in [3.8, 4) is 0 Å². The number of hydrogen-bond donors (Lipinski definition) is 1. The predicted molar refractivity (Wildman–Crippen MR) is 130 cm³/mol. The number of para-hydroxylation sites is 1. The van der Waals surface area contributed by atoms with Crippen molar-refractivity contribution in [1.29, 1.82) is 0 Å². The van der Waals surface area contributed by atoms with E-state index in [1.807, 2.05) is 39.0 Å². The summed E-state index contributed by atoms with van der Waals surface area (Å²) in [5, 5.41) is 2.92. The van der Waals surface area contributed by atoms with Crippen LogP contribution in [0.1, 0.15) is 26.3 Å². The van der Waals surface area contributed by atoms with Gasteiger partial charge in [0.05, 0.1) is 10.9 Å². The molecule has 0 saturated carbocycles. The van der Waals surface area contributed by atoms with Crippen LogP contribution in [0.2, 0.25) is 0 Å². The first-order valence-electron chi connectivity index (χ1n) is 11.2. The zero-order chi connectivity index (χ0) is 23.3. The maximum absolute atomic E-state index is 13.0. The molecule has 1 aliphatic heterocycles. The molecule has 0 aliphatic carbocycles. The molecule has 32 heavy (non-hydrogen) atoms. The van der Waals surface area contributed by atoms with Crippen LogP contribution in [0, 0.1) is 6.92 Å². The third-order valence-corrected chi connectivity index (χ3v) is 8.33. The maximum atomic E-state index is 13.0. The molecule has 8 heteroatoms. The third kappa shape index (κ3) is 5.31. The van der Waals surface area contributed by atoms with Crippen LogP contribution in [0.4, 0.5) is 11.4 Å². The average Bonchev–Trinajstić information content (AvgIpc) is 2.81. The maximum Gasteiger partial charge on any atom is 0.243 e. The SMILES string of the molecule is CCN(CC)S(=O)(=O)c1cc(NC(=O)[C@@H](C)N2CCN(c3ccccc3)CC2)ccc1C. The van der Waals surface area contributed by atoms with E-state index in [2.05, 4.69) is 27.2 Å². The van der Waals surface area contributed by atoms with E-state index in [0.29, 0.717) is 24.3 Å². The largest absolute Gasteiger partial charge is 0.369 e. The predicted octanol–water partition coefficient (Wildman–Crippen LogP) is 3.17. The van der Waals surface area contributed by atoms with E-state index in [1.165, 1.54) is 9.99 Å². The summed E-state index contributed by atoms with van der Waals surface area (Å²) in [6.07, 6.45) is 0. The highest BCUT2D eigenvalue weighted by molar-refractivity contribution is 7.89. The van der Waals surface area contributed by atoms with Crippen molar-refractivity contribution >= 4 is 27.3 Å². The molecule has 174 valence electrons. The molecule has 0 aromatic heterocycles. The number of carbonyl (C=O) groups is 1. The van der Waals surface area contributed by atoms with E-state index in [-0.39, 0.29) is 16.8 Å². The van der Waals surface area contributed by atoms with Gasteiger partial charge in [0.2, 0.25) is 15.9 Å². The van der Waals surface area contributed by atoms with Crippen LogP contribution in [0.5, 0.6) is 0 Å². The lowest BCUT2D eigenvalue weighted by atomic mass is 10.2. The lowest BCUT2D eigenvalue weighted by Gasteiger charge is -2.38. The summed E-state index contributed by atoms with van der Waals surface area (Å²) in [5.41, 5.74) is 2.37. The minimum Gasteiger partial charge on any atom is -0.369 e. The smallest absolute Gasteiger partial charge is 0.243 e. The molecule has 7 nitrogen and oxygen atoms in total. The summed E-state index contributed by atoms with van der Waals surface area (Å²) in [4.78, 5) is 17.7. The zero-order valence-electron chi connectivity index (χ0n) is 19.4. The molecule has 1 amide bonds. The first kappa shape index (κ1) is 24.2. The van der Waals surface area contributed by atoms with Crippen LogP contribution in [0.3, 0.4) is 0 Å². The standard InChI is InChI=1S/C24H34N4O3S/c1-5-28(6-2)32(30,31)23-18-21(13-12-19(23)3)25-24(29)20(4)26-14-16-27(17-15-26)22-10-8-7-9-11-22/h7-13,18,20H,5-6,14-17H2,1-4H3,(H,25,29)/t20-/m1/s1. The number of piperazine rings is 1. The van der Waals surface area contributed by atoms with Gasteiger partial charge in [-0.15, -0.1) is 0 Å². The Hall–Kier alpha value is -2.42. The fraction of sp³-hybridized carbons (Fsp3) is 0.458. The van der Waals surface area contributed by atoms with E-state index in [9.17, 15) is 13.2 Å². The number of benzene rings is 2. The number of carbonyl (C=O) groups excluding carboxylic acids is 1. The Bertz CT molecular complexity index is 1010. The van der Waals surface area contributed by atoms with Crippen molar-refractivity contribution in [3.63, 3.8) is 0 Å². The van der Waals surface area contributed by atoms with Gasteiger partial charge in [-0.2, -0.15) is 4.31 Å². The number of hydrogen-bond acceptors (Lipinski definition) is 5. The Balaban J connectivity index is 1.66. The van der Waals surface area contributed by atoms with E-state index in [0.717, 1.165) is 26.2 Å². The lowest BCUT2D eigenvalue weighted by molar-refractivity contribution is -0.120. The number of nitrogens with one attached hydrogen (secondary N) is 1. The van der Waals surface area contributed by atoms with Crippen molar-refractivity contribution < 1.29 is 13.2 Å². The minimum absolute atomic E-state index is 0.131. The molecule has 0 spiro atoms. The van der Waals surface area contributed by atoms with Crippen molar-refractivity contribution in [1.82, 2.24) is 9.21 Å². The third-order valence-electron chi connectivity index (χ3n) is 6.14. The molecule has 0 radical (unpaired) electrons. The van der Waals surface area contributed by atoms with Crippen LogP contribution >= 0.6 is 0 Å². The van der Waals surface area contributed by atoms with Gasteiger partial charge in [-0.25, -0.2) is 8.42 Å². The summed E-state index contributed by atoms with van der Waals surface area (Å²) in [6, 6.07) is 15.1. The Morgan fingerprint density at radius 2 is 1.66 bits per heavy atom. The van der Waals surface area contributed by atoms with E-state index < -0.39 is 10.0 Å². The van der Waals surface area contributed by atoms with E-state index in [4.69, 9.17) is 0 Å². The Kier molecular flexibility index (Phi) is 7.92. The topological polar surface area (TPSA) is 73.0 Å². The summed E-state index contributed by atoms with van der Waals surface area (Å²) >= 11 is 0. The van der Waals surface area contributed by atoms with Gasteiger partial charge in [0.25, 0.3) is 0 Å². The molecule has 1 saturated heterocycles. The molecule has 1 aliphatic rings. The quantitative estimate of drug-likeness (QED) is 0.658. The van der Waals surface area contributed by atoms with Gasteiger partial charge >= 0.3 is 0 Å². The first-order valence-corrected chi connectivity index (χ1v) is 12.7. The zero-order valence-corrected chi connectivity index (χ0v) is 20.2. The fourth-order valence-electron chi connectivity index (χ4n) is 4.08. The van der Waals surface area contributed by atoms with Gasteiger partial charge in [-0.05, 0) is 43.7 Å². The normalized spacial score (nSPS) is 16.2. The Labute approximate surface area is 192 Å². The van der Waals surface area contributed by atoms with E-state index >= 15 is 0 Å². The fourth-order valence-corrected chi connectivity index (χ4v) is 5.79. The minimum atomic E-state index is -3.60. The van der Waals surface area contributed by atoms with Gasteiger partial charge in [0.15, 0.2) is 0 Å². The van der Waals surface area contributed by atoms with Crippen molar-refractivity contribution in [2.75, 3.05) is 49.5 Å². The highest BCUT2D eigenvalue weighted by Crippen LogP contribution is 2.24. The second kappa shape index (κ2) is 10.5. The number of anilines is 2. The number of amides is 1. The van der Waals surface area contributed by atoms with Gasteiger partial charge < -0.3 is 10.2 Å². The number of aryl methyl sites for hydroxylation is 1. The molecule has 0 unspecified atom stereocenters. The number of sulfonamides is 1. The van der Waals surface area contributed by atoms with Gasteiger partial charge in [-0.3, -0.25) is 9.69 Å². The summed E-state index contributed by atoms with van der Waals surface area (Å²) in [5.74, 6) is -0.131. The molecule has 2 aromatic rings. The molecular weight excluding hydrogens is 424 g/mol. The highest BCUT2D eigenvalue weighted by Gasteiger charge is 2.27. The summed E-state index contributed by atoms with van der Waals surface area (Å²) < 4.78 is 27.4.